The first-order valence-corrected chi connectivity index (χ1v) is 8.06. The summed E-state index contributed by atoms with van der Waals surface area (Å²) in [5.41, 5.74) is 0. The van der Waals surface area contributed by atoms with Crippen molar-refractivity contribution in [2.24, 2.45) is 0 Å². The van der Waals surface area contributed by atoms with Gasteiger partial charge in [-0.05, 0) is 38.8 Å². The van der Waals surface area contributed by atoms with Gasteiger partial charge in [-0.2, -0.15) is 0 Å². The summed E-state index contributed by atoms with van der Waals surface area (Å²) in [6.07, 6.45) is 3.23. The van der Waals surface area contributed by atoms with Crippen LogP contribution >= 0.6 is 11.8 Å². The molecule has 114 valence electrons. The molecule has 0 spiro atoms. The predicted octanol–water partition coefficient (Wildman–Crippen LogP) is 2.12. The fraction of sp³-hybridized carbons (Fsp3) is 0.533. The molecule has 1 saturated heterocycles. The number of carbonyl (C=O) groups excluding carboxylic acids is 2. The highest BCUT2D eigenvalue weighted by atomic mass is 32.2. The van der Waals surface area contributed by atoms with E-state index in [2.05, 4.69) is 4.98 Å². The van der Waals surface area contributed by atoms with E-state index >= 15 is 0 Å². The highest BCUT2D eigenvalue weighted by Crippen LogP contribution is 2.26. The molecule has 1 aromatic rings. The average Bonchev–Trinajstić information content (AvgIpc) is 2.97. The number of aromatic nitrogens is 1. The lowest BCUT2D eigenvalue weighted by molar-refractivity contribution is -0.152. The van der Waals surface area contributed by atoms with Gasteiger partial charge >= 0.3 is 5.97 Å². The standard InChI is InChI=1S/C15H20N2O3S/c1-3-20-15(19)12-7-6-10-17(12)14(18)11(2)21-13-8-4-5-9-16-13/h4-5,8-9,11-12H,3,6-7,10H2,1-2H3/t11-,12-/m1/s1. The molecule has 6 heteroatoms. The maximum atomic E-state index is 12.5. The molecule has 2 atom stereocenters. The van der Waals surface area contributed by atoms with E-state index in [-0.39, 0.29) is 17.1 Å². The third-order valence-electron chi connectivity index (χ3n) is 3.38. The Morgan fingerprint density at radius 2 is 2.33 bits per heavy atom. The zero-order chi connectivity index (χ0) is 15.2. The Kier molecular flexibility index (Phi) is 5.61. The maximum Gasteiger partial charge on any atom is 0.328 e. The van der Waals surface area contributed by atoms with Gasteiger partial charge in [0.25, 0.3) is 0 Å². The third-order valence-corrected chi connectivity index (χ3v) is 4.42. The van der Waals surface area contributed by atoms with Crippen LogP contribution in [0.1, 0.15) is 26.7 Å². The minimum absolute atomic E-state index is 0.0267. The van der Waals surface area contributed by atoms with Crippen molar-refractivity contribution in [1.29, 1.82) is 0 Å². The second kappa shape index (κ2) is 7.45. The zero-order valence-electron chi connectivity index (χ0n) is 12.3. The molecule has 0 aromatic carbocycles. The molecule has 0 bridgehead atoms. The number of nitrogens with zero attached hydrogens (tertiary/aromatic N) is 2. The van der Waals surface area contributed by atoms with Gasteiger partial charge in [-0.25, -0.2) is 9.78 Å². The van der Waals surface area contributed by atoms with Crippen LogP contribution in [0.5, 0.6) is 0 Å². The second-order valence-corrected chi connectivity index (χ2v) is 6.23. The van der Waals surface area contributed by atoms with Crippen LogP contribution in [-0.2, 0) is 14.3 Å². The fourth-order valence-corrected chi connectivity index (χ4v) is 3.27. The van der Waals surface area contributed by atoms with E-state index in [4.69, 9.17) is 4.74 Å². The van der Waals surface area contributed by atoms with Crippen LogP contribution in [0.2, 0.25) is 0 Å². The van der Waals surface area contributed by atoms with Gasteiger partial charge in [-0.15, -0.1) is 0 Å². The molecule has 1 aliphatic heterocycles. The number of rotatable bonds is 5. The zero-order valence-corrected chi connectivity index (χ0v) is 13.1. The number of esters is 1. The first-order chi connectivity index (χ1) is 10.1. The van der Waals surface area contributed by atoms with E-state index in [0.29, 0.717) is 19.6 Å². The van der Waals surface area contributed by atoms with Crippen LogP contribution in [-0.4, -0.2) is 46.2 Å². The quantitative estimate of drug-likeness (QED) is 0.616. The van der Waals surface area contributed by atoms with Crippen molar-refractivity contribution in [3.63, 3.8) is 0 Å². The summed E-state index contributed by atoms with van der Waals surface area (Å²) in [7, 11) is 0. The Morgan fingerprint density at radius 3 is 3.00 bits per heavy atom. The molecular formula is C15H20N2O3S. The summed E-state index contributed by atoms with van der Waals surface area (Å²) in [6.45, 7) is 4.59. The Bertz CT molecular complexity index is 495. The number of likely N-dealkylation sites (tertiary alicyclic amines) is 1. The highest BCUT2D eigenvalue weighted by Gasteiger charge is 2.37. The summed E-state index contributed by atoms with van der Waals surface area (Å²) < 4.78 is 5.05. The maximum absolute atomic E-state index is 12.5. The summed E-state index contributed by atoms with van der Waals surface area (Å²) in [6, 6.07) is 5.18. The van der Waals surface area contributed by atoms with Crippen LogP contribution in [0, 0.1) is 0 Å². The summed E-state index contributed by atoms with van der Waals surface area (Å²) in [5, 5.41) is 0.542. The van der Waals surface area contributed by atoms with E-state index in [1.807, 2.05) is 25.1 Å². The van der Waals surface area contributed by atoms with Crippen molar-refractivity contribution < 1.29 is 14.3 Å². The van der Waals surface area contributed by atoms with Gasteiger partial charge in [-0.1, -0.05) is 17.8 Å². The number of amides is 1. The Hall–Kier alpha value is -1.56. The molecule has 5 nitrogen and oxygen atoms in total. The number of hydrogen-bond acceptors (Lipinski definition) is 5. The molecule has 0 unspecified atom stereocenters. The predicted molar refractivity (Wildman–Crippen MR) is 80.9 cm³/mol. The van der Waals surface area contributed by atoms with Crippen LogP contribution in [0.15, 0.2) is 29.4 Å². The fourth-order valence-electron chi connectivity index (χ4n) is 2.40. The summed E-state index contributed by atoms with van der Waals surface area (Å²) >= 11 is 1.41. The van der Waals surface area contributed by atoms with Crippen LogP contribution in [0.4, 0.5) is 0 Å². The number of thioether (sulfide) groups is 1. The van der Waals surface area contributed by atoms with Crippen molar-refractivity contribution in [2.75, 3.05) is 13.2 Å². The lowest BCUT2D eigenvalue weighted by atomic mass is 10.2. The third kappa shape index (κ3) is 3.97. The summed E-state index contributed by atoms with van der Waals surface area (Å²) in [4.78, 5) is 30.3. The molecule has 0 saturated carbocycles. The van der Waals surface area contributed by atoms with Gasteiger partial charge < -0.3 is 9.64 Å². The number of hydrogen-bond donors (Lipinski definition) is 0. The molecular weight excluding hydrogens is 288 g/mol. The van der Waals surface area contributed by atoms with Crippen LogP contribution < -0.4 is 0 Å². The minimum Gasteiger partial charge on any atom is -0.464 e. The highest BCUT2D eigenvalue weighted by molar-refractivity contribution is 8.00. The van der Waals surface area contributed by atoms with Gasteiger partial charge in [0.2, 0.25) is 5.91 Å². The average molecular weight is 308 g/mol. The van der Waals surface area contributed by atoms with E-state index in [1.54, 1.807) is 18.0 Å². The number of ether oxygens (including phenoxy) is 1. The molecule has 1 fully saturated rings. The second-order valence-electron chi connectivity index (χ2n) is 4.87. The molecule has 21 heavy (non-hydrogen) atoms. The SMILES string of the molecule is CCOC(=O)[C@H]1CCCN1C(=O)[C@@H](C)Sc1ccccn1. The molecule has 1 aliphatic rings. The monoisotopic (exact) mass is 308 g/mol. The largest absolute Gasteiger partial charge is 0.464 e. The lowest BCUT2D eigenvalue weighted by Crippen LogP contribution is -2.44. The molecule has 1 amide bonds. The van der Waals surface area contributed by atoms with Crippen molar-refractivity contribution in [2.45, 2.75) is 43.0 Å². The van der Waals surface area contributed by atoms with Gasteiger partial charge in [0.05, 0.1) is 16.9 Å². The Morgan fingerprint density at radius 1 is 1.52 bits per heavy atom. The lowest BCUT2D eigenvalue weighted by Gasteiger charge is -2.25. The van der Waals surface area contributed by atoms with Gasteiger partial charge in [0.1, 0.15) is 6.04 Å². The van der Waals surface area contributed by atoms with Gasteiger partial charge in [-0.3, -0.25) is 4.79 Å². The normalized spacial score (nSPS) is 19.3. The molecule has 0 aliphatic carbocycles. The first kappa shape index (κ1) is 15.8. The van der Waals surface area contributed by atoms with E-state index in [9.17, 15) is 9.59 Å². The Labute approximate surface area is 129 Å². The van der Waals surface area contributed by atoms with Gasteiger partial charge in [0.15, 0.2) is 0 Å². The molecule has 2 heterocycles. The topological polar surface area (TPSA) is 59.5 Å². The van der Waals surface area contributed by atoms with E-state index in [1.165, 1.54) is 11.8 Å². The van der Waals surface area contributed by atoms with Crippen molar-refractivity contribution >= 4 is 23.6 Å². The first-order valence-electron chi connectivity index (χ1n) is 7.18. The Balaban J connectivity index is 1.99. The van der Waals surface area contributed by atoms with Crippen molar-refractivity contribution in [3.8, 4) is 0 Å². The molecule has 1 aromatic heterocycles. The van der Waals surface area contributed by atoms with Gasteiger partial charge in [0, 0.05) is 12.7 Å². The van der Waals surface area contributed by atoms with Crippen LogP contribution in [0.25, 0.3) is 0 Å². The number of carbonyl (C=O) groups is 2. The van der Waals surface area contributed by atoms with Crippen molar-refractivity contribution in [1.82, 2.24) is 9.88 Å². The van der Waals surface area contributed by atoms with Crippen LogP contribution in [0.3, 0.4) is 0 Å². The summed E-state index contributed by atoms with van der Waals surface area (Å²) in [5.74, 6) is -0.320. The number of pyridine rings is 1. The van der Waals surface area contributed by atoms with E-state index in [0.717, 1.165) is 11.4 Å². The molecule has 0 N–H and O–H groups in total. The molecule has 2 rings (SSSR count). The van der Waals surface area contributed by atoms with E-state index < -0.39 is 6.04 Å². The van der Waals surface area contributed by atoms with Crippen molar-refractivity contribution in [3.05, 3.63) is 24.4 Å². The minimum atomic E-state index is -0.427. The smallest absolute Gasteiger partial charge is 0.328 e. The molecule has 0 radical (unpaired) electrons.